The van der Waals surface area contributed by atoms with Crippen LogP contribution in [0.1, 0.15) is 16.5 Å². The molecule has 0 bridgehead atoms. The summed E-state index contributed by atoms with van der Waals surface area (Å²) in [6.45, 7) is -1.77. The Hall–Kier alpha value is -2.11. The van der Waals surface area contributed by atoms with E-state index in [4.69, 9.17) is 22.7 Å². The Morgan fingerprint density at radius 3 is 2.88 bits per heavy atom. The highest BCUT2D eigenvalue weighted by Gasteiger charge is 2.52. The maximum absolute atomic E-state index is 11.7. The summed E-state index contributed by atoms with van der Waals surface area (Å²) in [4.78, 5) is 33.9. The van der Waals surface area contributed by atoms with E-state index in [1.165, 1.54) is 11.8 Å². The highest BCUT2D eigenvalue weighted by atomic mass is 32.2. The topological polar surface area (TPSA) is 137 Å². The molecule has 1 unspecified atom stereocenters. The maximum atomic E-state index is 11.7. The number of nitrogens with two attached hydrogens (primary N) is 1. The average molecular weight is 372 g/mol. The first-order chi connectivity index (χ1) is 13.0. The molecular weight excluding hydrogens is 352 g/mol. The fraction of sp³-hybridized carbons (Fsp3) is 0.571. The van der Waals surface area contributed by atoms with Crippen molar-refractivity contribution >= 4 is 35.5 Å². The van der Waals surface area contributed by atoms with Crippen molar-refractivity contribution < 1.29 is 31.6 Å². The van der Waals surface area contributed by atoms with Gasteiger partial charge in [0.1, 0.15) is 6.10 Å². The van der Waals surface area contributed by atoms with E-state index >= 15 is 0 Å². The number of aliphatic hydroxyl groups is 1. The lowest BCUT2D eigenvalue weighted by Gasteiger charge is -2.29. The van der Waals surface area contributed by atoms with Gasteiger partial charge in [-0.25, -0.2) is 4.98 Å². The molecule has 0 saturated carbocycles. The van der Waals surface area contributed by atoms with E-state index in [-0.39, 0.29) is 5.95 Å². The van der Waals surface area contributed by atoms with Gasteiger partial charge in [0.25, 0.3) is 0 Å². The van der Waals surface area contributed by atoms with E-state index in [0.717, 1.165) is 4.90 Å². The molecule has 1 aromatic heterocycles. The zero-order valence-corrected chi connectivity index (χ0v) is 13.8. The average Bonchev–Trinajstić information content (AvgIpc) is 3.22. The number of anilines is 2. The zero-order valence-electron chi connectivity index (χ0n) is 15.0. The Kier molecular flexibility index (Phi) is 4.26. The molecule has 25 heavy (non-hydrogen) atoms. The fourth-order valence-corrected chi connectivity index (χ4v) is 3.72. The highest BCUT2D eigenvalue weighted by Crippen LogP contribution is 2.41. The van der Waals surface area contributed by atoms with E-state index in [9.17, 15) is 14.7 Å². The molecule has 0 aromatic carbocycles. The van der Waals surface area contributed by atoms with Crippen LogP contribution in [-0.4, -0.2) is 64.0 Å². The van der Waals surface area contributed by atoms with Crippen LogP contribution in [0.3, 0.4) is 0 Å². The third-order valence-corrected chi connectivity index (χ3v) is 4.70. The van der Waals surface area contributed by atoms with Crippen molar-refractivity contribution in [3.63, 3.8) is 0 Å². The number of rotatable bonds is 4. The molecule has 2 aliphatic rings. The number of fused-ring (bicyclic) bond motifs is 1. The number of carbonyl (C=O) groups excluding carboxylic acids is 2. The molecule has 1 saturated heterocycles. The lowest BCUT2D eigenvalue weighted by molar-refractivity contribution is -0.164. The molecule has 0 amide bonds. The normalized spacial score (nSPS) is 28.9. The van der Waals surface area contributed by atoms with Gasteiger partial charge in [-0.1, -0.05) is 11.8 Å². The van der Waals surface area contributed by atoms with E-state index in [1.54, 1.807) is 11.1 Å². The largest absolute Gasteiger partial charge is 0.456 e. The van der Waals surface area contributed by atoms with Crippen LogP contribution in [0.25, 0.3) is 0 Å². The summed E-state index contributed by atoms with van der Waals surface area (Å²) in [6.07, 6.45) is -2.57. The SMILES string of the molecule is [2H]CC(=O)O[C@@H]1[C@@H](CO)OC(N2CSc3cnc(N)nc32)[C@@H]1OC(=O)C[2H]. The van der Waals surface area contributed by atoms with Crippen molar-refractivity contribution in [3.8, 4) is 0 Å². The molecule has 0 radical (unpaired) electrons. The van der Waals surface area contributed by atoms with E-state index < -0.39 is 56.9 Å². The zero-order chi connectivity index (χ0) is 19.6. The molecule has 0 spiro atoms. The monoisotopic (exact) mass is 372 g/mol. The summed E-state index contributed by atoms with van der Waals surface area (Å²) in [7, 11) is 0. The van der Waals surface area contributed by atoms with Gasteiger partial charge in [-0.15, -0.1) is 0 Å². The molecular formula is C14H18N4O6S. The molecule has 136 valence electrons. The Morgan fingerprint density at radius 2 is 2.20 bits per heavy atom. The second-order valence-electron chi connectivity index (χ2n) is 5.32. The Morgan fingerprint density at radius 1 is 1.48 bits per heavy atom. The number of aliphatic hydroxyl groups excluding tert-OH is 1. The van der Waals surface area contributed by atoms with Gasteiger partial charge in [0.2, 0.25) is 5.95 Å². The number of hydrogen-bond donors (Lipinski definition) is 2. The van der Waals surface area contributed by atoms with Crippen LogP contribution >= 0.6 is 11.8 Å². The molecule has 2 aliphatic heterocycles. The van der Waals surface area contributed by atoms with Crippen molar-refractivity contribution in [2.24, 2.45) is 0 Å². The van der Waals surface area contributed by atoms with Gasteiger partial charge in [0, 0.05) is 22.7 Å². The number of nitrogens with zero attached hydrogens (tertiary/aromatic N) is 3. The second kappa shape index (κ2) is 7.02. The molecule has 11 heteroatoms. The molecule has 1 fully saturated rings. The van der Waals surface area contributed by atoms with E-state index in [2.05, 4.69) is 9.97 Å². The van der Waals surface area contributed by atoms with Gasteiger partial charge in [-0.05, 0) is 0 Å². The molecule has 3 rings (SSSR count). The van der Waals surface area contributed by atoms with Crippen molar-refractivity contribution in [3.05, 3.63) is 6.20 Å². The first-order valence-corrected chi connectivity index (χ1v) is 8.22. The number of hydrogen-bond acceptors (Lipinski definition) is 11. The number of ether oxygens (including phenoxy) is 3. The predicted molar refractivity (Wildman–Crippen MR) is 86.5 cm³/mol. The number of esters is 2. The highest BCUT2D eigenvalue weighted by molar-refractivity contribution is 7.99. The fourth-order valence-electron chi connectivity index (χ4n) is 2.75. The smallest absolute Gasteiger partial charge is 0.303 e. The summed E-state index contributed by atoms with van der Waals surface area (Å²) in [5, 5.41) is 9.62. The van der Waals surface area contributed by atoms with Crippen LogP contribution in [0.2, 0.25) is 0 Å². The molecule has 3 N–H and O–H groups in total. The Labute approximate surface area is 150 Å². The minimum atomic E-state index is -1.12. The lowest BCUT2D eigenvalue weighted by atomic mass is 10.1. The van der Waals surface area contributed by atoms with Crippen LogP contribution in [0.4, 0.5) is 11.8 Å². The van der Waals surface area contributed by atoms with Crippen molar-refractivity contribution in [2.75, 3.05) is 23.1 Å². The Balaban J connectivity index is 1.92. The summed E-state index contributed by atoms with van der Waals surface area (Å²) in [5.74, 6) is -0.793. The minimum absolute atomic E-state index is 0.0508. The summed E-state index contributed by atoms with van der Waals surface area (Å²) < 4.78 is 30.6. The second-order valence-corrected chi connectivity index (χ2v) is 6.30. The number of thioether (sulfide) groups is 1. The number of carbonyl (C=O) groups is 2. The van der Waals surface area contributed by atoms with Gasteiger partial charge >= 0.3 is 11.9 Å². The summed E-state index contributed by atoms with van der Waals surface area (Å²) in [5.41, 5.74) is 5.65. The van der Waals surface area contributed by atoms with Gasteiger partial charge in [-0.3, -0.25) is 9.59 Å². The van der Waals surface area contributed by atoms with Crippen LogP contribution in [0.15, 0.2) is 11.1 Å². The van der Waals surface area contributed by atoms with E-state index in [1.807, 2.05) is 0 Å². The summed E-state index contributed by atoms with van der Waals surface area (Å²) in [6, 6.07) is 0. The lowest BCUT2D eigenvalue weighted by Crippen LogP contribution is -2.47. The third kappa shape index (κ3) is 3.48. The number of aromatic nitrogens is 2. The quantitative estimate of drug-likeness (QED) is 0.662. The minimum Gasteiger partial charge on any atom is -0.456 e. The van der Waals surface area contributed by atoms with Gasteiger partial charge < -0.3 is 30.0 Å². The molecule has 4 atom stereocenters. The van der Waals surface area contributed by atoms with Crippen molar-refractivity contribution in [2.45, 2.75) is 43.2 Å². The first-order valence-electron chi connectivity index (χ1n) is 8.65. The van der Waals surface area contributed by atoms with E-state index in [0.29, 0.717) is 11.7 Å². The van der Waals surface area contributed by atoms with Crippen LogP contribution in [0, 0.1) is 0 Å². The first kappa shape index (κ1) is 15.2. The molecule has 3 heterocycles. The van der Waals surface area contributed by atoms with Crippen molar-refractivity contribution in [1.29, 1.82) is 0 Å². The third-order valence-electron chi connectivity index (χ3n) is 3.69. The van der Waals surface area contributed by atoms with Crippen LogP contribution < -0.4 is 10.6 Å². The van der Waals surface area contributed by atoms with Crippen LogP contribution in [-0.2, 0) is 23.8 Å². The standard InChI is InChI=1S/C14H18N4O6S/c1-6(20)22-10-8(4-19)24-13(11(10)23-7(2)21)18-5-25-9-3-16-14(15)17-12(9)18/h3,8,10-11,13,19H,4-5H2,1-2H3,(H2,15,16,17)/t8-,10-,11-,13?/m1/s1/i1D,2D. The van der Waals surface area contributed by atoms with Gasteiger partial charge in [-0.2, -0.15) is 4.98 Å². The molecule has 1 aromatic rings. The van der Waals surface area contributed by atoms with Gasteiger partial charge in [0.05, 0.1) is 17.4 Å². The predicted octanol–water partition coefficient (Wildman–Crippen LogP) is -0.491. The van der Waals surface area contributed by atoms with Gasteiger partial charge in [0.15, 0.2) is 24.3 Å². The Bertz CT molecular complexity index is 729. The maximum Gasteiger partial charge on any atom is 0.303 e. The van der Waals surface area contributed by atoms with Crippen molar-refractivity contribution in [1.82, 2.24) is 9.97 Å². The molecule has 0 aliphatic carbocycles. The summed E-state index contributed by atoms with van der Waals surface area (Å²) >= 11 is 1.41. The number of nitrogen functional groups attached to an aromatic ring is 1. The molecule has 10 nitrogen and oxygen atoms in total. The van der Waals surface area contributed by atoms with Crippen LogP contribution in [0.5, 0.6) is 0 Å².